The molecule has 6 rings (SSSR count). The minimum absolute atomic E-state index is 0. The quantitative estimate of drug-likeness (QED) is 0.167. The van der Waals surface area contributed by atoms with Gasteiger partial charge in [0, 0.05) is 5.69 Å². The first-order chi connectivity index (χ1) is 27.8. The van der Waals surface area contributed by atoms with Crippen LogP contribution < -0.4 is 16.2 Å². The van der Waals surface area contributed by atoms with Gasteiger partial charge in [0.2, 0.25) is 0 Å². The standard InChI is InChI=1S/C24H24.C10H14.C9H12.C8H11N.2C3H8.CH4/c1-16-6-10-21(11-7-16)24(22-12-8-17(2)14-19(22)4)23-13-9-18(3)15-20(23)5;1-3-4-10-7-5-9(2)6-8-10;1-3-9-6-4-5-8(2)7-9;1-2-7-4-3-5-8(9)6-7;2*1-3-2;/h6-15H,2H2,1,3-5H3;5-8H,3-4H2,1-2H3;4-7H,3H2,1-2H3;3-6H,2,9H2,1H3;2*3H2,1-2H3;1H4/b24-22+;;;;;;. The maximum atomic E-state index is 5.53. The Balaban J connectivity index is 0.000000799. The number of anilines is 1. The summed E-state index contributed by atoms with van der Waals surface area (Å²) in [5, 5.41) is 2.33. The van der Waals surface area contributed by atoms with E-state index in [0.717, 1.165) is 23.7 Å². The molecule has 0 bridgehead atoms. The van der Waals surface area contributed by atoms with Gasteiger partial charge in [-0.15, -0.1) is 0 Å². The third-order valence-corrected chi connectivity index (χ3v) is 9.06. The number of aryl methyl sites for hydroxylation is 9. The van der Waals surface area contributed by atoms with E-state index >= 15 is 0 Å². The number of hydrogen-bond donors (Lipinski definition) is 1. The van der Waals surface area contributed by atoms with Crippen LogP contribution in [0, 0.1) is 41.5 Å². The van der Waals surface area contributed by atoms with Crippen LogP contribution in [0.5, 0.6) is 0 Å². The molecule has 0 saturated heterocycles. The molecule has 2 N–H and O–H groups in total. The van der Waals surface area contributed by atoms with Crippen molar-refractivity contribution in [1.29, 1.82) is 0 Å². The van der Waals surface area contributed by atoms with Crippen LogP contribution in [-0.2, 0) is 19.3 Å². The molecule has 0 atom stereocenters. The Morgan fingerprint density at radius 3 is 1.41 bits per heavy atom. The van der Waals surface area contributed by atoms with Crippen molar-refractivity contribution >= 4 is 17.8 Å². The maximum absolute atomic E-state index is 5.53. The van der Waals surface area contributed by atoms with E-state index in [0.29, 0.717) is 0 Å². The van der Waals surface area contributed by atoms with E-state index in [2.05, 4.69) is 212 Å². The summed E-state index contributed by atoms with van der Waals surface area (Å²) in [6.07, 6.45) is 7.15. The maximum Gasteiger partial charge on any atom is 0.0316 e. The summed E-state index contributed by atoms with van der Waals surface area (Å²) in [5.41, 5.74) is 22.3. The molecule has 0 aromatic heterocycles. The largest absolute Gasteiger partial charge is 0.399 e. The molecular weight excluding hydrogens is 711 g/mol. The van der Waals surface area contributed by atoms with Gasteiger partial charge in [-0.25, -0.2) is 0 Å². The Morgan fingerprint density at radius 2 is 0.966 bits per heavy atom. The second kappa shape index (κ2) is 30.9. The number of rotatable bonds is 6. The first-order valence-corrected chi connectivity index (χ1v) is 21.7. The summed E-state index contributed by atoms with van der Waals surface area (Å²) < 4.78 is 0. The van der Waals surface area contributed by atoms with E-state index in [-0.39, 0.29) is 7.43 Å². The van der Waals surface area contributed by atoms with Crippen molar-refractivity contribution in [1.82, 2.24) is 0 Å². The van der Waals surface area contributed by atoms with Gasteiger partial charge in [0.25, 0.3) is 0 Å². The summed E-state index contributed by atoms with van der Waals surface area (Å²) in [5.74, 6) is 0. The van der Waals surface area contributed by atoms with Crippen LogP contribution in [0.1, 0.15) is 136 Å². The molecule has 0 radical (unpaired) electrons. The molecule has 6 aromatic rings. The van der Waals surface area contributed by atoms with E-state index < -0.39 is 0 Å². The SMILES string of the molecule is C.C=c1cc/c(=C(/c2ccc(C)cc2)c2ccc(C)cc2C)c(C)c1.CCC.CCC.CCCc1ccc(C)cc1.CCc1cccc(C)c1.CCc1cccc(N)c1. The first kappa shape index (κ1) is 53.9. The normalized spacial score (nSPS) is 10.1. The Hall–Kier alpha value is -5.14. The smallest absolute Gasteiger partial charge is 0.0316 e. The summed E-state index contributed by atoms with van der Waals surface area (Å²) in [4.78, 5) is 0. The molecule has 0 amide bonds. The molecule has 59 heavy (non-hydrogen) atoms. The average molecular weight is 792 g/mol. The van der Waals surface area contributed by atoms with Crippen LogP contribution in [-0.4, -0.2) is 0 Å². The minimum atomic E-state index is 0. The summed E-state index contributed by atoms with van der Waals surface area (Å²) >= 11 is 0. The summed E-state index contributed by atoms with van der Waals surface area (Å²) in [6.45, 7) is 31.9. The van der Waals surface area contributed by atoms with Crippen molar-refractivity contribution in [2.24, 2.45) is 0 Å². The van der Waals surface area contributed by atoms with E-state index in [1.807, 2.05) is 18.2 Å². The van der Waals surface area contributed by atoms with Gasteiger partial charge < -0.3 is 5.73 Å². The molecule has 0 aliphatic carbocycles. The predicted molar refractivity (Wildman–Crippen MR) is 269 cm³/mol. The fraction of sp³-hybridized carbons (Fsp3) is 0.345. The third-order valence-electron chi connectivity index (χ3n) is 9.06. The molecule has 0 aliphatic rings. The molecule has 0 unspecified atom stereocenters. The van der Waals surface area contributed by atoms with Crippen molar-refractivity contribution in [3.63, 3.8) is 0 Å². The van der Waals surface area contributed by atoms with E-state index in [9.17, 15) is 0 Å². The van der Waals surface area contributed by atoms with Gasteiger partial charge in [-0.3, -0.25) is 0 Å². The molecule has 0 heterocycles. The highest BCUT2D eigenvalue weighted by Gasteiger charge is 2.10. The zero-order valence-corrected chi connectivity index (χ0v) is 38.7. The number of benzene rings is 6. The molecular formula is C58H81N. The lowest BCUT2D eigenvalue weighted by atomic mass is 9.90. The highest BCUT2D eigenvalue weighted by Crippen LogP contribution is 2.25. The van der Waals surface area contributed by atoms with Gasteiger partial charge in [-0.1, -0.05) is 225 Å². The van der Waals surface area contributed by atoms with Crippen molar-refractivity contribution in [3.05, 3.63) is 205 Å². The van der Waals surface area contributed by atoms with Crippen LogP contribution in [0.3, 0.4) is 0 Å². The van der Waals surface area contributed by atoms with Gasteiger partial charge in [-0.05, 0) is 128 Å². The minimum Gasteiger partial charge on any atom is -0.399 e. The summed E-state index contributed by atoms with van der Waals surface area (Å²) in [6, 6.07) is 47.3. The zero-order chi connectivity index (χ0) is 43.5. The Bertz CT molecular complexity index is 2070. The van der Waals surface area contributed by atoms with Crippen LogP contribution in [0.15, 0.2) is 133 Å². The van der Waals surface area contributed by atoms with E-state index in [1.54, 1.807) is 0 Å². The molecule has 1 nitrogen and oxygen atoms in total. The Morgan fingerprint density at radius 1 is 0.475 bits per heavy atom. The Labute approximate surface area is 363 Å². The molecule has 6 aromatic carbocycles. The monoisotopic (exact) mass is 792 g/mol. The lowest BCUT2D eigenvalue weighted by Gasteiger charge is -2.14. The van der Waals surface area contributed by atoms with Crippen molar-refractivity contribution in [2.45, 2.75) is 136 Å². The molecule has 0 aliphatic heterocycles. The third kappa shape index (κ3) is 21.4. The first-order valence-electron chi connectivity index (χ1n) is 21.7. The summed E-state index contributed by atoms with van der Waals surface area (Å²) in [7, 11) is 0. The van der Waals surface area contributed by atoms with E-state index in [1.165, 1.54) is 97.7 Å². The second-order valence-electron chi connectivity index (χ2n) is 15.3. The van der Waals surface area contributed by atoms with Gasteiger partial charge in [-0.2, -0.15) is 0 Å². The molecule has 0 fully saturated rings. The number of nitrogen functional groups attached to an aromatic ring is 1. The van der Waals surface area contributed by atoms with Crippen LogP contribution >= 0.6 is 0 Å². The Kier molecular flexibility index (Phi) is 28.2. The molecule has 1 heteroatoms. The van der Waals surface area contributed by atoms with Gasteiger partial charge in [0.1, 0.15) is 0 Å². The zero-order valence-electron chi connectivity index (χ0n) is 38.7. The fourth-order valence-corrected chi connectivity index (χ4v) is 6.07. The number of hydrogen-bond acceptors (Lipinski definition) is 1. The second-order valence-corrected chi connectivity index (χ2v) is 15.3. The van der Waals surface area contributed by atoms with Crippen LogP contribution in [0.2, 0.25) is 0 Å². The number of nitrogens with two attached hydrogens (primary N) is 1. The average Bonchev–Trinajstić information content (AvgIpc) is 3.19. The lowest BCUT2D eigenvalue weighted by Crippen LogP contribution is -2.16. The molecule has 318 valence electrons. The van der Waals surface area contributed by atoms with Crippen LogP contribution in [0.25, 0.3) is 12.2 Å². The molecule has 0 saturated carbocycles. The van der Waals surface area contributed by atoms with Gasteiger partial charge >= 0.3 is 0 Å². The van der Waals surface area contributed by atoms with Crippen molar-refractivity contribution in [2.75, 3.05) is 5.73 Å². The highest BCUT2D eigenvalue weighted by atomic mass is 14.5. The van der Waals surface area contributed by atoms with Gasteiger partial charge in [0.15, 0.2) is 0 Å². The van der Waals surface area contributed by atoms with E-state index in [4.69, 9.17) is 5.73 Å². The highest BCUT2D eigenvalue weighted by molar-refractivity contribution is 5.81. The van der Waals surface area contributed by atoms with Crippen molar-refractivity contribution < 1.29 is 0 Å². The topological polar surface area (TPSA) is 26.0 Å². The predicted octanol–water partition coefficient (Wildman–Crippen LogP) is 15.4. The molecule has 0 spiro atoms. The van der Waals surface area contributed by atoms with Gasteiger partial charge in [0.05, 0.1) is 0 Å². The lowest BCUT2D eigenvalue weighted by molar-refractivity contribution is 0.921. The fourth-order valence-electron chi connectivity index (χ4n) is 6.07. The van der Waals surface area contributed by atoms with Crippen LogP contribution in [0.4, 0.5) is 5.69 Å². The van der Waals surface area contributed by atoms with Crippen molar-refractivity contribution in [3.8, 4) is 0 Å².